The van der Waals surface area contributed by atoms with Crippen molar-refractivity contribution >= 4 is 40.7 Å². The van der Waals surface area contributed by atoms with Crippen LogP contribution in [0.4, 0.5) is 11.4 Å². The van der Waals surface area contributed by atoms with Crippen LogP contribution in [0, 0.1) is 6.92 Å². The number of benzene rings is 2. The summed E-state index contributed by atoms with van der Waals surface area (Å²) in [6.07, 6.45) is 1.53. The Balaban J connectivity index is 0.00000182. The van der Waals surface area contributed by atoms with Crippen LogP contribution in [-0.4, -0.2) is 30.1 Å². The molecule has 7 heteroatoms. The number of carbonyl (C=O) groups excluding carboxylic acids is 1. The molecule has 0 atom stereocenters. The Morgan fingerprint density at radius 2 is 1.93 bits per heavy atom. The quantitative estimate of drug-likeness (QED) is 0.663. The van der Waals surface area contributed by atoms with Gasteiger partial charge in [0.25, 0.3) is 0 Å². The molecule has 27 heavy (non-hydrogen) atoms. The van der Waals surface area contributed by atoms with E-state index in [1.54, 1.807) is 14.0 Å². The highest BCUT2D eigenvalue weighted by atomic mass is 35.5. The van der Waals surface area contributed by atoms with Gasteiger partial charge in [0.15, 0.2) is 0 Å². The third-order valence-electron chi connectivity index (χ3n) is 3.86. The van der Waals surface area contributed by atoms with E-state index in [1.165, 1.54) is 6.20 Å². The van der Waals surface area contributed by atoms with Gasteiger partial charge in [-0.3, -0.25) is 4.98 Å². The van der Waals surface area contributed by atoms with Crippen molar-refractivity contribution in [2.45, 2.75) is 13.8 Å². The van der Waals surface area contributed by atoms with Crippen molar-refractivity contribution in [3.63, 3.8) is 0 Å². The zero-order chi connectivity index (χ0) is 17.8. The number of nitrogens with zero attached hydrogens (tertiary/aromatic N) is 1. The number of aryl methyl sites for hydroxylation is 1. The van der Waals surface area contributed by atoms with Gasteiger partial charge in [-0.05, 0) is 37.6 Å². The Hall–Kier alpha value is -2.83. The Morgan fingerprint density at radius 1 is 1.19 bits per heavy atom. The van der Waals surface area contributed by atoms with Gasteiger partial charge < -0.3 is 20.3 Å². The summed E-state index contributed by atoms with van der Waals surface area (Å²) >= 11 is 0. The molecule has 3 aromatic rings. The second-order valence-corrected chi connectivity index (χ2v) is 5.62. The number of carbonyl (C=O) groups is 1. The highest BCUT2D eigenvalue weighted by molar-refractivity contribution is 6.07. The van der Waals surface area contributed by atoms with Crippen LogP contribution >= 0.6 is 12.4 Å². The van der Waals surface area contributed by atoms with Crippen LogP contribution < -0.4 is 10.1 Å². The van der Waals surface area contributed by atoms with Gasteiger partial charge in [0.2, 0.25) is 0 Å². The number of rotatable bonds is 5. The van der Waals surface area contributed by atoms with Crippen molar-refractivity contribution in [1.29, 1.82) is 0 Å². The Morgan fingerprint density at radius 3 is 2.59 bits per heavy atom. The first-order chi connectivity index (χ1) is 12.1. The number of hydrogen-bond acceptors (Lipinski definition) is 5. The minimum Gasteiger partial charge on any atom is -0.494 e. The standard InChI is InChI=1S/C20H20N2O3.ClH.H2O/c1-4-25-20(23)16-12-21-19-15(9-6-10-17(19)24-3)18(16)22-14-8-5-7-13(2)11-14;;/h5-12H,4H2,1-3H3,(H,21,22);1H;1H2. The molecule has 0 unspecified atom stereocenters. The number of pyridine rings is 1. The molecule has 0 aliphatic rings. The maximum absolute atomic E-state index is 12.4. The van der Waals surface area contributed by atoms with E-state index in [2.05, 4.69) is 10.3 Å². The molecule has 0 bridgehead atoms. The molecule has 0 radical (unpaired) electrons. The van der Waals surface area contributed by atoms with Crippen LogP contribution in [0.2, 0.25) is 0 Å². The first kappa shape index (κ1) is 22.2. The van der Waals surface area contributed by atoms with Crippen molar-refractivity contribution < 1.29 is 19.7 Å². The lowest BCUT2D eigenvalue weighted by Gasteiger charge is -2.15. The average Bonchev–Trinajstić information content (AvgIpc) is 2.61. The monoisotopic (exact) mass is 390 g/mol. The molecule has 0 aliphatic heterocycles. The first-order valence-electron chi connectivity index (χ1n) is 8.10. The summed E-state index contributed by atoms with van der Waals surface area (Å²) < 4.78 is 10.6. The maximum Gasteiger partial charge on any atom is 0.341 e. The molecule has 0 spiro atoms. The van der Waals surface area contributed by atoms with Crippen molar-refractivity contribution in [3.8, 4) is 5.75 Å². The van der Waals surface area contributed by atoms with Crippen LogP contribution in [0.15, 0.2) is 48.7 Å². The maximum atomic E-state index is 12.4. The molecule has 0 saturated heterocycles. The minimum absolute atomic E-state index is 0. The van der Waals surface area contributed by atoms with E-state index in [-0.39, 0.29) is 17.9 Å². The molecular formula is C20H23ClN2O4. The van der Waals surface area contributed by atoms with E-state index >= 15 is 0 Å². The largest absolute Gasteiger partial charge is 0.494 e. The molecule has 0 amide bonds. The topological polar surface area (TPSA) is 92.0 Å². The highest BCUT2D eigenvalue weighted by Gasteiger charge is 2.18. The van der Waals surface area contributed by atoms with Gasteiger partial charge in [0.05, 0.1) is 19.4 Å². The fraction of sp³-hybridized carbons (Fsp3) is 0.200. The van der Waals surface area contributed by atoms with Crippen LogP contribution in [-0.2, 0) is 4.74 Å². The number of methoxy groups -OCH3 is 1. The molecule has 1 aromatic heterocycles. The lowest BCUT2D eigenvalue weighted by molar-refractivity contribution is 0.0527. The smallest absolute Gasteiger partial charge is 0.341 e. The molecule has 0 fully saturated rings. The van der Waals surface area contributed by atoms with E-state index in [4.69, 9.17) is 9.47 Å². The Kier molecular flexibility index (Phi) is 8.02. The van der Waals surface area contributed by atoms with Crippen LogP contribution in [0.1, 0.15) is 22.8 Å². The molecule has 3 rings (SSSR count). The van der Waals surface area contributed by atoms with Gasteiger partial charge in [-0.25, -0.2) is 4.79 Å². The Labute approximate surface area is 164 Å². The first-order valence-corrected chi connectivity index (χ1v) is 8.10. The number of aromatic nitrogens is 1. The fourth-order valence-corrected chi connectivity index (χ4v) is 2.73. The van der Waals surface area contributed by atoms with Crippen molar-refractivity contribution in [1.82, 2.24) is 4.98 Å². The lowest BCUT2D eigenvalue weighted by Crippen LogP contribution is -2.09. The van der Waals surface area contributed by atoms with Gasteiger partial charge in [0.1, 0.15) is 16.8 Å². The minimum atomic E-state index is -0.408. The molecular weight excluding hydrogens is 368 g/mol. The molecule has 0 aliphatic carbocycles. The lowest BCUT2D eigenvalue weighted by atomic mass is 10.1. The van der Waals surface area contributed by atoms with Gasteiger partial charge in [-0.1, -0.05) is 24.3 Å². The molecule has 144 valence electrons. The summed E-state index contributed by atoms with van der Waals surface area (Å²) in [7, 11) is 1.60. The predicted octanol–water partition coefficient (Wildman–Crippen LogP) is 4.07. The van der Waals surface area contributed by atoms with E-state index in [1.807, 2.05) is 49.4 Å². The summed E-state index contributed by atoms with van der Waals surface area (Å²) in [5.74, 6) is 0.245. The molecule has 3 N–H and O–H groups in total. The van der Waals surface area contributed by atoms with Crippen molar-refractivity contribution in [2.75, 3.05) is 19.0 Å². The van der Waals surface area contributed by atoms with Gasteiger partial charge in [-0.2, -0.15) is 0 Å². The van der Waals surface area contributed by atoms with Crippen LogP contribution in [0.5, 0.6) is 5.75 Å². The Bertz CT molecular complexity index is 931. The number of fused-ring (bicyclic) bond motifs is 1. The predicted molar refractivity (Wildman–Crippen MR) is 110 cm³/mol. The third-order valence-corrected chi connectivity index (χ3v) is 3.86. The summed E-state index contributed by atoms with van der Waals surface area (Å²) in [6.45, 7) is 4.10. The normalized spacial score (nSPS) is 9.74. The highest BCUT2D eigenvalue weighted by Crippen LogP contribution is 2.33. The van der Waals surface area contributed by atoms with Crippen LogP contribution in [0.3, 0.4) is 0 Å². The molecule has 6 nitrogen and oxygen atoms in total. The van der Waals surface area contributed by atoms with E-state index in [0.29, 0.717) is 29.1 Å². The second-order valence-electron chi connectivity index (χ2n) is 5.62. The average molecular weight is 391 g/mol. The number of halogens is 1. The number of para-hydroxylation sites is 1. The SMILES string of the molecule is CCOC(=O)c1cnc2c(OC)cccc2c1Nc1cccc(C)c1.Cl.O. The molecule has 2 aromatic carbocycles. The van der Waals surface area contributed by atoms with E-state index in [0.717, 1.165) is 16.6 Å². The number of nitrogens with one attached hydrogen (secondary N) is 1. The van der Waals surface area contributed by atoms with Crippen molar-refractivity contribution in [2.24, 2.45) is 0 Å². The summed E-state index contributed by atoms with van der Waals surface area (Å²) in [4.78, 5) is 16.8. The number of ether oxygens (including phenoxy) is 2. The van der Waals surface area contributed by atoms with Gasteiger partial charge in [0, 0.05) is 17.3 Å². The molecule has 1 heterocycles. The van der Waals surface area contributed by atoms with E-state index in [9.17, 15) is 4.79 Å². The number of anilines is 2. The zero-order valence-corrected chi connectivity index (χ0v) is 16.2. The number of hydrogen-bond donors (Lipinski definition) is 1. The van der Waals surface area contributed by atoms with E-state index < -0.39 is 5.97 Å². The van der Waals surface area contributed by atoms with Crippen molar-refractivity contribution in [3.05, 3.63) is 59.8 Å². The molecule has 0 saturated carbocycles. The third kappa shape index (κ3) is 4.67. The number of esters is 1. The fourth-order valence-electron chi connectivity index (χ4n) is 2.73. The second kappa shape index (κ2) is 9.75. The summed E-state index contributed by atoms with van der Waals surface area (Å²) in [5, 5.41) is 4.15. The zero-order valence-electron chi connectivity index (χ0n) is 15.4. The summed E-state index contributed by atoms with van der Waals surface area (Å²) in [5.41, 5.74) is 3.75. The van der Waals surface area contributed by atoms with Crippen LogP contribution in [0.25, 0.3) is 10.9 Å². The summed E-state index contributed by atoms with van der Waals surface area (Å²) in [6, 6.07) is 13.6. The van der Waals surface area contributed by atoms with Gasteiger partial charge >= 0.3 is 5.97 Å². The van der Waals surface area contributed by atoms with Gasteiger partial charge in [-0.15, -0.1) is 12.4 Å².